The second-order valence-corrected chi connectivity index (χ2v) is 12.6. The number of carboxylic acid groups (broad SMARTS) is 1. The van der Waals surface area contributed by atoms with Crippen molar-refractivity contribution in [3.63, 3.8) is 0 Å². The summed E-state index contributed by atoms with van der Waals surface area (Å²) in [6.07, 6.45) is 0.427. The van der Waals surface area contributed by atoms with Crippen LogP contribution in [0.25, 0.3) is 10.8 Å². The second-order valence-electron chi connectivity index (χ2n) is 12.6. The molecule has 0 fully saturated rings. The van der Waals surface area contributed by atoms with Crippen LogP contribution in [0.2, 0.25) is 0 Å². The number of nitrogens with two attached hydrogens (primary N) is 3. The van der Waals surface area contributed by atoms with Crippen LogP contribution in [0.4, 0.5) is 0 Å². The molecule has 0 heterocycles. The Balaban J connectivity index is 1.84. The van der Waals surface area contributed by atoms with Crippen LogP contribution in [0, 0.1) is 10.8 Å². The largest absolute Gasteiger partial charge is 0.508 e. The van der Waals surface area contributed by atoms with E-state index in [0.717, 1.165) is 16.3 Å². The molecule has 0 radical (unpaired) electrons. The van der Waals surface area contributed by atoms with E-state index < -0.39 is 53.8 Å². The zero-order valence-electron chi connectivity index (χ0n) is 29.7. The van der Waals surface area contributed by atoms with Crippen molar-refractivity contribution >= 4 is 52.3 Å². The summed E-state index contributed by atoms with van der Waals surface area (Å²) in [5.74, 6) is -4.83. The third kappa shape index (κ3) is 14.3. The number of aromatic hydroxyl groups is 1. The van der Waals surface area contributed by atoms with E-state index in [1.54, 1.807) is 0 Å². The van der Waals surface area contributed by atoms with E-state index in [0.29, 0.717) is 5.56 Å². The number of benzene rings is 3. The number of carbonyl (C=O) groups is 5. The highest BCUT2D eigenvalue weighted by atomic mass is 16.4. The topological polar surface area (TPSA) is 324 Å². The molecule has 18 nitrogen and oxygen atoms in total. The van der Waals surface area contributed by atoms with Gasteiger partial charge in [0.2, 0.25) is 23.6 Å². The molecule has 0 unspecified atom stereocenters. The van der Waals surface area contributed by atoms with E-state index in [2.05, 4.69) is 31.9 Å². The van der Waals surface area contributed by atoms with Gasteiger partial charge in [0.05, 0.1) is 6.54 Å². The second kappa shape index (κ2) is 21.2. The molecular formula is C36H49N11O7. The summed E-state index contributed by atoms with van der Waals surface area (Å²) in [7, 11) is 0. The van der Waals surface area contributed by atoms with E-state index >= 15 is 0 Å². The highest BCUT2D eigenvalue weighted by Gasteiger charge is 2.31. The summed E-state index contributed by atoms with van der Waals surface area (Å²) in [4.78, 5) is 65.9. The number of amides is 4. The first-order chi connectivity index (χ1) is 25.7. The molecule has 18 heteroatoms. The van der Waals surface area contributed by atoms with Gasteiger partial charge >= 0.3 is 5.97 Å². The van der Waals surface area contributed by atoms with Crippen molar-refractivity contribution in [2.24, 2.45) is 17.2 Å². The number of phenols is 1. The van der Waals surface area contributed by atoms with Crippen molar-refractivity contribution < 1.29 is 34.2 Å². The SMILES string of the molecule is N=C(N)NCCC[C@H](NC(=O)[C@H](Cc1ccc2ccccc2c1)NC(=O)CN)C(=O)N[C@@H](CCCNC(=N)N)C(=O)N[C@H](Cc1ccc(O)cc1)C(=O)O. The average molecular weight is 748 g/mol. The number of hydrogen-bond acceptors (Lipinski definition) is 9. The van der Waals surface area contributed by atoms with Crippen LogP contribution < -0.4 is 49.1 Å². The summed E-state index contributed by atoms with van der Waals surface area (Å²) in [6.45, 7) is -0.0435. The molecule has 3 aromatic rings. The van der Waals surface area contributed by atoms with Crippen LogP contribution >= 0.6 is 0 Å². The Hall–Kier alpha value is -6.43. The predicted molar refractivity (Wildman–Crippen MR) is 202 cm³/mol. The fourth-order valence-electron chi connectivity index (χ4n) is 5.54. The number of carboxylic acids is 1. The smallest absolute Gasteiger partial charge is 0.326 e. The molecule has 0 aliphatic heterocycles. The van der Waals surface area contributed by atoms with Crippen LogP contribution in [0.3, 0.4) is 0 Å². The van der Waals surface area contributed by atoms with Gasteiger partial charge in [-0.15, -0.1) is 0 Å². The monoisotopic (exact) mass is 747 g/mol. The van der Waals surface area contributed by atoms with Crippen LogP contribution in [0.1, 0.15) is 36.8 Å². The quantitative estimate of drug-likeness (QED) is 0.0349. The molecule has 0 bridgehead atoms. The lowest BCUT2D eigenvalue weighted by molar-refractivity contribution is -0.142. The minimum atomic E-state index is -1.40. The van der Waals surface area contributed by atoms with Crippen molar-refractivity contribution in [3.05, 3.63) is 77.9 Å². The van der Waals surface area contributed by atoms with E-state index in [1.165, 1.54) is 24.3 Å². The zero-order chi connectivity index (χ0) is 39.6. The average Bonchev–Trinajstić information content (AvgIpc) is 3.13. The maximum Gasteiger partial charge on any atom is 0.326 e. The fraction of sp³-hybridized carbons (Fsp3) is 0.361. The summed E-state index contributed by atoms with van der Waals surface area (Å²) in [6, 6.07) is 14.0. The van der Waals surface area contributed by atoms with Gasteiger partial charge in [-0.1, -0.05) is 54.6 Å². The number of carbonyl (C=O) groups excluding carboxylic acids is 4. The van der Waals surface area contributed by atoms with Gasteiger partial charge in [-0.25, -0.2) is 4.79 Å². The van der Waals surface area contributed by atoms with E-state index in [4.69, 9.17) is 28.0 Å². The molecule has 4 amide bonds. The number of phenolic OH excluding ortho intramolecular Hbond substituents is 1. The van der Waals surface area contributed by atoms with Gasteiger partial charge in [-0.05, 0) is 59.7 Å². The summed E-state index contributed by atoms with van der Waals surface area (Å²) >= 11 is 0. The Labute approximate surface area is 312 Å². The van der Waals surface area contributed by atoms with Gasteiger partial charge in [0.25, 0.3) is 0 Å². The van der Waals surface area contributed by atoms with E-state index in [-0.39, 0.29) is 75.8 Å². The zero-order valence-corrected chi connectivity index (χ0v) is 29.7. The molecule has 0 saturated carbocycles. The molecule has 0 aromatic heterocycles. The number of guanidine groups is 2. The Morgan fingerprint density at radius 3 is 1.63 bits per heavy atom. The van der Waals surface area contributed by atoms with Crippen molar-refractivity contribution in [3.8, 4) is 5.75 Å². The van der Waals surface area contributed by atoms with Gasteiger partial charge in [0.15, 0.2) is 11.9 Å². The number of nitrogens with one attached hydrogen (secondary N) is 8. The lowest BCUT2D eigenvalue weighted by Crippen LogP contribution is -2.58. The van der Waals surface area contributed by atoms with Gasteiger partial charge < -0.3 is 59.3 Å². The van der Waals surface area contributed by atoms with Crippen LogP contribution in [-0.2, 0) is 36.8 Å². The molecule has 16 N–H and O–H groups in total. The molecule has 3 aromatic carbocycles. The molecular weight excluding hydrogens is 698 g/mol. The van der Waals surface area contributed by atoms with Crippen molar-refractivity contribution in [1.29, 1.82) is 10.8 Å². The summed E-state index contributed by atoms with van der Waals surface area (Å²) < 4.78 is 0. The van der Waals surface area contributed by atoms with Crippen LogP contribution in [0.15, 0.2) is 66.7 Å². The number of aliphatic carboxylic acids is 1. The van der Waals surface area contributed by atoms with Crippen molar-refractivity contribution in [2.45, 2.75) is 62.7 Å². The van der Waals surface area contributed by atoms with Crippen molar-refractivity contribution in [1.82, 2.24) is 31.9 Å². The molecule has 0 spiro atoms. The number of fused-ring (bicyclic) bond motifs is 1. The Kier molecular flexibility index (Phi) is 16.5. The van der Waals surface area contributed by atoms with Crippen LogP contribution in [0.5, 0.6) is 5.75 Å². The lowest BCUT2D eigenvalue weighted by atomic mass is 10.0. The number of hydrogen-bond donors (Lipinski definition) is 13. The predicted octanol–water partition coefficient (Wildman–Crippen LogP) is -1.16. The van der Waals surface area contributed by atoms with E-state index in [1.807, 2.05) is 42.5 Å². The highest BCUT2D eigenvalue weighted by molar-refractivity contribution is 5.95. The Morgan fingerprint density at radius 1 is 0.630 bits per heavy atom. The molecule has 54 heavy (non-hydrogen) atoms. The van der Waals surface area contributed by atoms with E-state index in [9.17, 15) is 34.2 Å². The third-order valence-electron chi connectivity index (χ3n) is 8.32. The molecule has 290 valence electrons. The standard InChI is InChI=1S/C36H49N11O7/c37-20-30(49)44-28(19-22-9-12-23-5-1-2-6-24(23)17-22)33(52)46-26(7-3-15-42-35(38)39)31(50)45-27(8-4-16-43-36(40)41)32(51)47-29(34(53)54)18-21-10-13-25(48)14-11-21/h1-2,5-6,9-14,17,26-29,48H,3-4,7-8,15-16,18-20,37H2,(H,44,49)(H,45,50)(H,46,52)(H,47,51)(H,53,54)(H4,38,39,42)(H4,40,41,43)/t26-,27-,28-,29+/m0/s1. The highest BCUT2D eigenvalue weighted by Crippen LogP contribution is 2.17. The minimum absolute atomic E-state index is 0.00684. The summed E-state index contributed by atoms with van der Waals surface area (Å²) in [5.41, 5.74) is 17.6. The first-order valence-corrected chi connectivity index (χ1v) is 17.3. The molecule has 0 aliphatic carbocycles. The molecule has 0 aliphatic rings. The maximum atomic E-state index is 13.9. The number of rotatable bonds is 21. The first-order valence-electron chi connectivity index (χ1n) is 17.3. The fourth-order valence-corrected chi connectivity index (χ4v) is 5.54. The van der Waals surface area contributed by atoms with Gasteiger partial charge in [0.1, 0.15) is 29.9 Å². The van der Waals surface area contributed by atoms with Gasteiger partial charge in [-0.2, -0.15) is 0 Å². The molecule has 3 rings (SSSR count). The Morgan fingerprint density at radius 2 is 1.11 bits per heavy atom. The van der Waals surface area contributed by atoms with Gasteiger partial charge in [0, 0.05) is 25.9 Å². The molecule has 4 atom stereocenters. The third-order valence-corrected chi connectivity index (χ3v) is 8.32. The summed E-state index contributed by atoms with van der Waals surface area (Å²) in [5, 5.41) is 51.9. The molecule has 0 saturated heterocycles. The van der Waals surface area contributed by atoms with Crippen molar-refractivity contribution in [2.75, 3.05) is 19.6 Å². The normalized spacial score (nSPS) is 13.0. The Bertz CT molecular complexity index is 1790. The van der Waals surface area contributed by atoms with Gasteiger partial charge in [-0.3, -0.25) is 30.0 Å². The first kappa shape index (κ1) is 42.0. The van der Waals surface area contributed by atoms with Crippen LogP contribution in [-0.4, -0.2) is 95.5 Å². The maximum absolute atomic E-state index is 13.9. The minimum Gasteiger partial charge on any atom is -0.508 e. The lowest BCUT2D eigenvalue weighted by Gasteiger charge is -2.26.